The van der Waals surface area contributed by atoms with E-state index in [-0.39, 0.29) is 46.7 Å². The number of pyridine rings is 1. The van der Waals surface area contributed by atoms with Gasteiger partial charge in [-0.05, 0) is 23.3 Å². The molecule has 1 aromatic heterocycles. The van der Waals surface area contributed by atoms with Crippen LogP contribution in [-0.2, 0) is 0 Å². The number of Topliss-reactive ketones (excluding diaryl/α,β-unsaturated/α-hetero) is 1. The van der Waals surface area contributed by atoms with E-state index in [1.54, 1.807) is 48.8 Å². The average Bonchev–Trinajstić information content (AvgIpc) is 2.64. The fourth-order valence-corrected chi connectivity index (χ4v) is 2.03. The zero-order valence-corrected chi connectivity index (χ0v) is 11.9. The molecule has 0 atom stereocenters. The molecule has 0 spiro atoms. The van der Waals surface area contributed by atoms with Crippen molar-refractivity contribution < 1.29 is 39.5 Å². The molecule has 0 bridgehead atoms. The molecule has 18 heavy (non-hydrogen) atoms. The van der Waals surface area contributed by atoms with Crippen LogP contribution in [0.3, 0.4) is 0 Å². The van der Waals surface area contributed by atoms with Gasteiger partial charge in [0, 0.05) is 23.5 Å². The van der Waals surface area contributed by atoms with Gasteiger partial charge in [0.05, 0.1) is 0 Å². The summed E-state index contributed by atoms with van der Waals surface area (Å²) < 4.78 is 0. The summed E-state index contributed by atoms with van der Waals surface area (Å²) >= 11 is 0. The van der Waals surface area contributed by atoms with Crippen LogP contribution in [0, 0.1) is 0 Å². The van der Waals surface area contributed by atoms with Gasteiger partial charge < -0.3 is 5.11 Å². The normalized spacial score (nSPS) is 13.2. The fourth-order valence-electron chi connectivity index (χ4n) is 2.03. The zero-order chi connectivity index (χ0) is 11.8. The summed E-state index contributed by atoms with van der Waals surface area (Å²) in [5.41, 5.74) is 1.86. The minimum atomic E-state index is -0.197. The molecule has 2 aromatic rings. The first-order valence-electron chi connectivity index (χ1n) is 5.25. The smallest absolute Gasteiger partial charge is 0.872 e. The number of ketones is 1. The van der Waals surface area contributed by atoms with Gasteiger partial charge in [0.1, 0.15) is 0 Å². The van der Waals surface area contributed by atoms with E-state index in [0.717, 1.165) is 0 Å². The van der Waals surface area contributed by atoms with E-state index in [1.807, 2.05) is 0 Å². The summed E-state index contributed by atoms with van der Waals surface area (Å²) in [6, 6.07) is 10.3. The fraction of sp³-hybridized carbons (Fsp3) is 0. The average molecular weight is 245 g/mol. The Morgan fingerprint density at radius 1 is 0.944 bits per heavy atom. The van der Waals surface area contributed by atoms with Crippen LogP contribution in [-0.4, -0.2) is 10.8 Å². The van der Waals surface area contributed by atoms with Gasteiger partial charge in [-0.3, -0.25) is 9.78 Å². The van der Waals surface area contributed by atoms with Crippen LogP contribution < -0.4 is 34.7 Å². The molecule has 1 aliphatic carbocycles. The van der Waals surface area contributed by atoms with E-state index in [1.165, 1.54) is 0 Å². The van der Waals surface area contributed by atoms with Crippen LogP contribution in [0.4, 0.5) is 0 Å². The topological polar surface area (TPSA) is 53.0 Å². The molecule has 3 nitrogen and oxygen atoms in total. The molecule has 0 amide bonds. The minimum absolute atomic E-state index is 0. The van der Waals surface area contributed by atoms with Crippen molar-refractivity contribution in [3.05, 3.63) is 65.5 Å². The monoisotopic (exact) mass is 245 g/mol. The third-order valence-electron chi connectivity index (χ3n) is 2.84. The van der Waals surface area contributed by atoms with Crippen LogP contribution in [0.15, 0.2) is 48.8 Å². The second-order valence-corrected chi connectivity index (χ2v) is 3.81. The number of allylic oxidation sites excluding steroid dienone is 1. The number of hydrogen-bond donors (Lipinski definition) is 0. The van der Waals surface area contributed by atoms with Gasteiger partial charge in [-0.2, -0.15) is 0 Å². The van der Waals surface area contributed by atoms with Crippen molar-refractivity contribution in [2.24, 2.45) is 0 Å². The maximum atomic E-state index is 12.1. The molecule has 3 rings (SSSR count). The van der Waals surface area contributed by atoms with Crippen molar-refractivity contribution in [1.29, 1.82) is 0 Å². The Morgan fingerprint density at radius 3 is 2.17 bits per heavy atom. The molecule has 0 N–H and O–H groups in total. The third-order valence-corrected chi connectivity index (χ3v) is 2.84. The zero-order valence-electron chi connectivity index (χ0n) is 9.88. The van der Waals surface area contributed by atoms with Crippen molar-refractivity contribution in [2.45, 2.75) is 0 Å². The Labute approximate surface area is 126 Å². The first-order chi connectivity index (χ1) is 8.29. The Bertz CT molecular complexity index is 635. The van der Waals surface area contributed by atoms with Crippen LogP contribution in [0.5, 0.6) is 0 Å². The predicted molar refractivity (Wildman–Crippen MR) is 61.8 cm³/mol. The largest absolute Gasteiger partial charge is 1.00 e. The molecule has 82 valence electrons. The quantitative estimate of drug-likeness (QED) is 0.575. The van der Waals surface area contributed by atoms with Gasteiger partial charge in [0.2, 0.25) is 0 Å². The maximum absolute atomic E-state index is 12.1. The van der Waals surface area contributed by atoms with Crippen LogP contribution >= 0.6 is 0 Å². The summed E-state index contributed by atoms with van der Waals surface area (Å²) in [7, 11) is 0. The van der Waals surface area contributed by atoms with Gasteiger partial charge in [-0.15, -0.1) is 0 Å². The Morgan fingerprint density at radius 2 is 1.56 bits per heavy atom. The maximum Gasteiger partial charge on any atom is 1.00 e. The van der Waals surface area contributed by atoms with E-state index >= 15 is 0 Å². The van der Waals surface area contributed by atoms with Crippen molar-refractivity contribution in [3.63, 3.8) is 0 Å². The second-order valence-electron chi connectivity index (χ2n) is 3.81. The molecule has 1 aromatic carbocycles. The Kier molecular flexibility index (Phi) is 3.66. The number of rotatable bonds is 1. The number of nitrogens with zero attached hydrogens (tertiary/aromatic N) is 1. The summed E-state index contributed by atoms with van der Waals surface area (Å²) in [6.07, 6.45) is 3.15. The molecule has 0 saturated heterocycles. The summed E-state index contributed by atoms with van der Waals surface area (Å²) in [5.74, 6) is -0.395. The standard InChI is InChI=1S/C14H9NO2.Na/c16-13-10-3-1-2-4-11(10)14(17)12(13)9-5-7-15-8-6-9;/h1-8,16H;/q;+1/p-1. The van der Waals surface area contributed by atoms with E-state index < -0.39 is 0 Å². The van der Waals surface area contributed by atoms with E-state index in [4.69, 9.17) is 0 Å². The summed E-state index contributed by atoms with van der Waals surface area (Å²) in [5, 5.41) is 12.1. The minimum Gasteiger partial charge on any atom is -0.872 e. The molecule has 0 unspecified atom stereocenters. The number of carbonyl (C=O) groups is 1. The Balaban J connectivity index is 0.00000120. The molecule has 0 radical (unpaired) electrons. The molecule has 1 aliphatic rings. The third kappa shape index (κ3) is 1.90. The van der Waals surface area contributed by atoms with Gasteiger partial charge in [0.15, 0.2) is 5.78 Å². The molecular formula is C14H8NNaO2. The van der Waals surface area contributed by atoms with Crippen molar-refractivity contribution in [3.8, 4) is 0 Å². The van der Waals surface area contributed by atoms with Crippen molar-refractivity contribution in [2.75, 3.05) is 0 Å². The summed E-state index contributed by atoms with van der Waals surface area (Å²) in [4.78, 5) is 16.0. The molecule has 0 aliphatic heterocycles. The van der Waals surface area contributed by atoms with E-state index in [2.05, 4.69) is 4.98 Å². The summed E-state index contributed by atoms with van der Waals surface area (Å²) in [6.45, 7) is 0. The number of fused-ring (bicyclic) bond motifs is 1. The number of hydrogen-bond acceptors (Lipinski definition) is 3. The van der Waals surface area contributed by atoms with E-state index in [9.17, 15) is 9.90 Å². The Hall–Kier alpha value is -1.42. The first kappa shape index (κ1) is 13.0. The SMILES string of the molecule is O=C1C(c2ccncc2)=C([O-])c2ccccc21.[Na+]. The molecular weight excluding hydrogens is 237 g/mol. The second kappa shape index (κ2) is 5.06. The van der Waals surface area contributed by atoms with Gasteiger partial charge in [0.25, 0.3) is 0 Å². The van der Waals surface area contributed by atoms with Crippen molar-refractivity contribution >= 4 is 17.1 Å². The first-order valence-corrected chi connectivity index (χ1v) is 5.25. The van der Waals surface area contributed by atoms with Gasteiger partial charge in [-0.1, -0.05) is 30.0 Å². The van der Waals surface area contributed by atoms with E-state index in [0.29, 0.717) is 16.7 Å². The predicted octanol–water partition coefficient (Wildman–Crippen LogP) is -1.49. The van der Waals surface area contributed by atoms with Crippen LogP contribution in [0.25, 0.3) is 11.3 Å². The van der Waals surface area contributed by atoms with Crippen LogP contribution in [0.2, 0.25) is 0 Å². The molecule has 1 heterocycles. The van der Waals surface area contributed by atoms with Gasteiger partial charge in [-0.25, -0.2) is 0 Å². The number of benzene rings is 1. The number of carbonyl (C=O) groups excluding carboxylic acids is 1. The molecule has 4 heteroatoms. The van der Waals surface area contributed by atoms with Crippen molar-refractivity contribution in [1.82, 2.24) is 4.98 Å². The molecule has 0 fully saturated rings. The van der Waals surface area contributed by atoms with Gasteiger partial charge >= 0.3 is 29.6 Å². The molecule has 0 saturated carbocycles. The number of aromatic nitrogens is 1. The van der Waals surface area contributed by atoms with Crippen LogP contribution in [0.1, 0.15) is 21.5 Å².